The van der Waals surface area contributed by atoms with Crippen LogP contribution in [0.2, 0.25) is 0 Å². The van der Waals surface area contributed by atoms with Crippen molar-refractivity contribution in [2.75, 3.05) is 32.7 Å². The van der Waals surface area contributed by atoms with Crippen molar-refractivity contribution in [3.05, 3.63) is 62.8 Å². The van der Waals surface area contributed by atoms with Gasteiger partial charge in [-0.2, -0.15) is 0 Å². The van der Waals surface area contributed by atoms with Gasteiger partial charge in [0.15, 0.2) is 5.78 Å². The van der Waals surface area contributed by atoms with Gasteiger partial charge in [-0.1, -0.05) is 23.5 Å². The van der Waals surface area contributed by atoms with E-state index in [0.29, 0.717) is 38.3 Å². The lowest BCUT2D eigenvalue weighted by atomic mass is 10.1. The number of ketones is 1. The molecule has 0 N–H and O–H groups in total. The van der Waals surface area contributed by atoms with Gasteiger partial charge in [-0.25, -0.2) is 4.39 Å². The number of piperazine rings is 1. The molecule has 158 valence electrons. The van der Waals surface area contributed by atoms with E-state index in [9.17, 15) is 24.1 Å². The first-order chi connectivity index (χ1) is 13.0. The Kier molecular flexibility index (Phi) is 9.64. The highest BCUT2D eigenvalue weighted by atomic mass is 35.5. The lowest BCUT2D eigenvalue weighted by Crippen LogP contribution is -2.49. The second kappa shape index (κ2) is 11.2. The third-order valence-corrected chi connectivity index (χ3v) is 5.39. The van der Waals surface area contributed by atoms with E-state index in [4.69, 9.17) is 0 Å². The number of nitro groups is 1. The standard InChI is InChI=1S/C18H18FN3O4S.2ClH/c19-15-4-2-1-3-14(15)18(24)21-9-7-20(8-10-21)6-5-16(23)13-11-17(22(25)26)27-12-13;;/h1-4,11-12H,5-10H2;2*1H. The van der Waals surface area contributed by atoms with Crippen molar-refractivity contribution in [2.45, 2.75) is 6.42 Å². The molecular weight excluding hydrogens is 444 g/mol. The Morgan fingerprint density at radius 1 is 1.14 bits per heavy atom. The molecule has 0 aliphatic carbocycles. The highest BCUT2D eigenvalue weighted by Crippen LogP contribution is 2.23. The summed E-state index contributed by atoms with van der Waals surface area (Å²) in [4.78, 5) is 38.4. The molecule has 7 nitrogen and oxygen atoms in total. The molecule has 0 radical (unpaired) electrons. The number of Topliss-reactive ketones (excluding diaryl/α,β-unsaturated/α-hetero) is 1. The van der Waals surface area contributed by atoms with Crippen LogP contribution in [0.5, 0.6) is 0 Å². The van der Waals surface area contributed by atoms with Gasteiger partial charge in [0.25, 0.3) is 5.91 Å². The molecule has 29 heavy (non-hydrogen) atoms. The second-order valence-electron chi connectivity index (χ2n) is 6.22. The molecule has 1 amide bonds. The van der Waals surface area contributed by atoms with Gasteiger partial charge in [0.1, 0.15) is 5.82 Å². The third kappa shape index (κ3) is 6.20. The molecule has 0 saturated carbocycles. The summed E-state index contributed by atoms with van der Waals surface area (Å²) in [6, 6.07) is 7.22. The average molecular weight is 464 g/mol. The minimum absolute atomic E-state index is 0. The largest absolute Gasteiger partial charge is 0.336 e. The molecule has 1 fully saturated rings. The molecule has 0 atom stereocenters. The summed E-state index contributed by atoms with van der Waals surface area (Å²) < 4.78 is 13.8. The quantitative estimate of drug-likeness (QED) is 0.370. The normalized spacial score (nSPS) is 13.9. The van der Waals surface area contributed by atoms with Crippen molar-refractivity contribution >= 4 is 52.8 Å². The molecule has 1 aliphatic rings. The topological polar surface area (TPSA) is 83.8 Å². The van der Waals surface area contributed by atoms with Crippen LogP contribution in [0, 0.1) is 15.9 Å². The summed E-state index contributed by atoms with van der Waals surface area (Å²) in [6.07, 6.45) is 0.259. The molecule has 3 rings (SSSR count). The maximum absolute atomic E-state index is 13.8. The minimum Gasteiger partial charge on any atom is -0.336 e. The van der Waals surface area contributed by atoms with Crippen LogP contribution >= 0.6 is 36.2 Å². The Hall–Kier alpha value is -2.07. The fourth-order valence-corrected chi connectivity index (χ4v) is 3.68. The molecule has 1 aromatic heterocycles. The minimum atomic E-state index is -0.527. The summed E-state index contributed by atoms with van der Waals surface area (Å²) in [5.74, 6) is -0.987. The Morgan fingerprint density at radius 3 is 2.38 bits per heavy atom. The number of carbonyl (C=O) groups is 2. The average Bonchev–Trinajstić information content (AvgIpc) is 3.17. The van der Waals surface area contributed by atoms with E-state index < -0.39 is 10.7 Å². The predicted octanol–water partition coefficient (Wildman–Crippen LogP) is 3.67. The summed E-state index contributed by atoms with van der Waals surface area (Å²) in [5, 5.41) is 12.2. The van der Waals surface area contributed by atoms with Gasteiger partial charge in [0.2, 0.25) is 0 Å². The fraction of sp³-hybridized carbons (Fsp3) is 0.333. The van der Waals surface area contributed by atoms with Gasteiger partial charge in [-0.3, -0.25) is 24.6 Å². The number of rotatable bonds is 6. The molecule has 0 spiro atoms. The van der Waals surface area contributed by atoms with Crippen molar-refractivity contribution in [1.82, 2.24) is 9.80 Å². The first-order valence-electron chi connectivity index (χ1n) is 8.48. The van der Waals surface area contributed by atoms with E-state index in [1.807, 2.05) is 0 Å². The lowest BCUT2D eigenvalue weighted by molar-refractivity contribution is -0.380. The van der Waals surface area contributed by atoms with Crippen molar-refractivity contribution in [2.24, 2.45) is 0 Å². The number of nitrogens with zero attached hydrogens (tertiary/aromatic N) is 3. The molecule has 1 saturated heterocycles. The van der Waals surface area contributed by atoms with Crippen molar-refractivity contribution in [1.29, 1.82) is 0 Å². The van der Waals surface area contributed by atoms with E-state index in [-0.39, 0.29) is 53.5 Å². The molecule has 1 aliphatic heterocycles. The summed E-state index contributed by atoms with van der Waals surface area (Å²) >= 11 is 0.942. The van der Waals surface area contributed by atoms with Crippen LogP contribution in [0.25, 0.3) is 0 Å². The number of carbonyl (C=O) groups excluding carboxylic acids is 2. The van der Waals surface area contributed by atoms with Crippen LogP contribution in [0.4, 0.5) is 9.39 Å². The summed E-state index contributed by atoms with van der Waals surface area (Å²) in [7, 11) is 0. The first kappa shape index (κ1) is 25.0. The number of hydrogen-bond donors (Lipinski definition) is 0. The zero-order valence-electron chi connectivity index (χ0n) is 15.3. The Balaban J connectivity index is 0.00000210. The van der Waals surface area contributed by atoms with Gasteiger partial charge >= 0.3 is 5.00 Å². The monoisotopic (exact) mass is 463 g/mol. The van der Waals surface area contributed by atoms with Crippen molar-refractivity contribution in [3.63, 3.8) is 0 Å². The van der Waals surface area contributed by atoms with E-state index in [1.54, 1.807) is 17.0 Å². The highest BCUT2D eigenvalue weighted by molar-refractivity contribution is 7.13. The molecule has 0 unspecified atom stereocenters. The van der Waals surface area contributed by atoms with Crippen LogP contribution in [0.15, 0.2) is 35.7 Å². The maximum Gasteiger partial charge on any atom is 0.324 e. The molecule has 0 bridgehead atoms. The predicted molar refractivity (Wildman–Crippen MR) is 113 cm³/mol. The Labute approximate surface area is 183 Å². The number of halogens is 3. The zero-order valence-corrected chi connectivity index (χ0v) is 17.7. The zero-order chi connectivity index (χ0) is 19.4. The number of benzene rings is 1. The second-order valence-corrected chi connectivity index (χ2v) is 7.11. The van der Waals surface area contributed by atoms with Gasteiger partial charge in [-0.05, 0) is 12.1 Å². The van der Waals surface area contributed by atoms with Gasteiger partial charge in [0.05, 0.1) is 10.5 Å². The first-order valence-corrected chi connectivity index (χ1v) is 9.36. The van der Waals surface area contributed by atoms with E-state index >= 15 is 0 Å². The summed E-state index contributed by atoms with van der Waals surface area (Å²) in [6.45, 7) is 2.63. The third-order valence-electron chi connectivity index (χ3n) is 4.51. The van der Waals surface area contributed by atoms with Crippen LogP contribution in [0.1, 0.15) is 27.1 Å². The van der Waals surface area contributed by atoms with E-state index in [1.165, 1.54) is 23.6 Å². The van der Waals surface area contributed by atoms with E-state index in [0.717, 1.165) is 11.3 Å². The van der Waals surface area contributed by atoms with Gasteiger partial charge in [0, 0.05) is 56.2 Å². The molecule has 2 aromatic rings. The maximum atomic E-state index is 13.8. The van der Waals surface area contributed by atoms with Crippen LogP contribution in [0.3, 0.4) is 0 Å². The Morgan fingerprint density at radius 2 is 1.79 bits per heavy atom. The number of amides is 1. The lowest BCUT2D eigenvalue weighted by Gasteiger charge is -2.34. The van der Waals surface area contributed by atoms with Gasteiger partial charge in [-0.15, -0.1) is 24.8 Å². The van der Waals surface area contributed by atoms with Crippen molar-refractivity contribution < 1.29 is 18.9 Å². The van der Waals surface area contributed by atoms with Crippen LogP contribution in [-0.2, 0) is 0 Å². The number of thiophene rings is 1. The van der Waals surface area contributed by atoms with Crippen molar-refractivity contribution in [3.8, 4) is 0 Å². The van der Waals surface area contributed by atoms with Gasteiger partial charge < -0.3 is 4.90 Å². The summed E-state index contributed by atoms with van der Waals surface area (Å²) in [5.41, 5.74) is 0.431. The molecule has 1 aromatic carbocycles. The number of hydrogen-bond acceptors (Lipinski definition) is 6. The van der Waals surface area contributed by atoms with Crippen LogP contribution in [-0.4, -0.2) is 59.1 Å². The Bertz CT molecular complexity index is 872. The molecular formula is C18H20Cl2FN3O4S. The SMILES string of the molecule is Cl.Cl.O=C(CCN1CCN(C(=O)c2ccccc2F)CC1)c1csc([N+](=O)[O-])c1. The molecule has 2 heterocycles. The van der Waals surface area contributed by atoms with E-state index in [2.05, 4.69) is 4.90 Å². The fourth-order valence-electron chi connectivity index (χ4n) is 2.95. The highest BCUT2D eigenvalue weighted by Gasteiger charge is 2.24. The van der Waals surface area contributed by atoms with Crippen LogP contribution < -0.4 is 0 Å². The molecule has 11 heteroatoms. The smallest absolute Gasteiger partial charge is 0.324 e.